The number of carboxylic acid groups (broad SMARTS) is 1. The van der Waals surface area contributed by atoms with Crippen molar-refractivity contribution in [2.24, 2.45) is 0 Å². The first-order valence-corrected chi connectivity index (χ1v) is 6.46. The van der Waals surface area contributed by atoms with Crippen LogP contribution in [0.3, 0.4) is 0 Å². The lowest BCUT2D eigenvalue weighted by molar-refractivity contribution is 0.0697. The van der Waals surface area contributed by atoms with E-state index in [1.807, 2.05) is 0 Å². The number of fused-ring (bicyclic) bond motifs is 1. The summed E-state index contributed by atoms with van der Waals surface area (Å²) in [6.07, 6.45) is 2.25. The molecular weight excluding hydrogens is 238 g/mol. The standard InChI is InChI=1S/C12H13NO3S/c1-2-3-6-17-12-13-9-5-4-8(11(14)15)7-10(9)16-12/h4-5,7H,2-3,6H2,1H3,(H,14,15). The van der Waals surface area contributed by atoms with Crippen molar-refractivity contribution in [2.45, 2.75) is 25.0 Å². The molecule has 0 aliphatic heterocycles. The Kier molecular flexibility index (Phi) is 3.68. The van der Waals surface area contributed by atoms with E-state index in [1.54, 1.807) is 17.8 Å². The van der Waals surface area contributed by atoms with Gasteiger partial charge < -0.3 is 9.52 Å². The summed E-state index contributed by atoms with van der Waals surface area (Å²) in [6.45, 7) is 2.13. The zero-order valence-corrected chi connectivity index (χ0v) is 10.3. The van der Waals surface area contributed by atoms with Gasteiger partial charge in [0.25, 0.3) is 5.22 Å². The molecule has 0 saturated carbocycles. The summed E-state index contributed by atoms with van der Waals surface area (Å²) in [7, 11) is 0. The molecule has 4 nitrogen and oxygen atoms in total. The van der Waals surface area contributed by atoms with Crippen LogP contribution in [0.4, 0.5) is 0 Å². The second-order valence-corrected chi connectivity index (χ2v) is 4.72. The molecule has 0 atom stereocenters. The van der Waals surface area contributed by atoms with Crippen molar-refractivity contribution in [3.8, 4) is 0 Å². The SMILES string of the molecule is CCCCSc1nc2ccc(C(=O)O)cc2o1. The van der Waals surface area contributed by atoms with Crippen molar-refractivity contribution >= 4 is 28.8 Å². The van der Waals surface area contributed by atoms with Crippen molar-refractivity contribution in [3.63, 3.8) is 0 Å². The van der Waals surface area contributed by atoms with Crippen LogP contribution in [0.1, 0.15) is 30.1 Å². The van der Waals surface area contributed by atoms with Crippen molar-refractivity contribution in [1.29, 1.82) is 0 Å². The summed E-state index contributed by atoms with van der Waals surface area (Å²) in [5, 5.41) is 9.46. The van der Waals surface area contributed by atoms with Crippen molar-refractivity contribution in [1.82, 2.24) is 4.98 Å². The molecule has 2 rings (SSSR count). The molecule has 0 radical (unpaired) electrons. The van der Waals surface area contributed by atoms with Gasteiger partial charge in [-0.2, -0.15) is 0 Å². The van der Waals surface area contributed by atoms with E-state index in [0.29, 0.717) is 16.3 Å². The van der Waals surface area contributed by atoms with E-state index >= 15 is 0 Å². The fourth-order valence-corrected chi connectivity index (χ4v) is 2.32. The molecule has 17 heavy (non-hydrogen) atoms. The third-order valence-electron chi connectivity index (χ3n) is 2.34. The fourth-order valence-electron chi connectivity index (χ4n) is 1.40. The fraction of sp³-hybridized carbons (Fsp3) is 0.333. The van der Waals surface area contributed by atoms with Gasteiger partial charge in [0.2, 0.25) is 0 Å². The number of hydrogen-bond donors (Lipinski definition) is 1. The van der Waals surface area contributed by atoms with Crippen LogP contribution in [0.5, 0.6) is 0 Å². The predicted octanol–water partition coefficient (Wildman–Crippen LogP) is 3.42. The quantitative estimate of drug-likeness (QED) is 0.651. The summed E-state index contributed by atoms with van der Waals surface area (Å²) in [6, 6.07) is 4.72. The minimum Gasteiger partial charge on any atom is -0.478 e. The maximum Gasteiger partial charge on any atom is 0.335 e. The number of benzene rings is 1. The summed E-state index contributed by atoms with van der Waals surface area (Å²) < 4.78 is 5.49. The Morgan fingerprint density at radius 3 is 3.06 bits per heavy atom. The van der Waals surface area contributed by atoms with E-state index in [-0.39, 0.29) is 5.56 Å². The van der Waals surface area contributed by atoms with Crippen LogP contribution >= 0.6 is 11.8 Å². The molecule has 0 amide bonds. The average molecular weight is 251 g/mol. The van der Waals surface area contributed by atoms with Gasteiger partial charge in [0.15, 0.2) is 5.58 Å². The number of rotatable bonds is 5. The Morgan fingerprint density at radius 2 is 2.35 bits per heavy atom. The van der Waals surface area contributed by atoms with Crippen LogP contribution in [0, 0.1) is 0 Å². The molecule has 0 unspecified atom stereocenters. The second-order valence-electron chi connectivity index (χ2n) is 3.67. The molecule has 0 fully saturated rings. The molecule has 5 heteroatoms. The third kappa shape index (κ3) is 2.79. The van der Waals surface area contributed by atoms with Gasteiger partial charge in [-0.25, -0.2) is 9.78 Å². The van der Waals surface area contributed by atoms with Gasteiger partial charge >= 0.3 is 5.97 Å². The molecule has 1 N–H and O–H groups in total. The Labute approximate surface area is 103 Å². The van der Waals surface area contributed by atoms with Crippen molar-refractivity contribution in [2.75, 3.05) is 5.75 Å². The number of hydrogen-bond acceptors (Lipinski definition) is 4. The highest BCUT2D eigenvalue weighted by atomic mass is 32.2. The van der Waals surface area contributed by atoms with Crippen LogP contribution in [-0.4, -0.2) is 21.8 Å². The minimum atomic E-state index is -0.955. The molecule has 1 heterocycles. The normalized spacial score (nSPS) is 10.9. The molecule has 1 aromatic carbocycles. The number of thioether (sulfide) groups is 1. The highest BCUT2D eigenvalue weighted by Crippen LogP contribution is 2.24. The van der Waals surface area contributed by atoms with Gasteiger partial charge in [0.05, 0.1) is 5.56 Å². The third-order valence-corrected chi connectivity index (χ3v) is 3.25. The number of aromatic carboxylic acids is 1. The molecule has 0 saturated heterocycles. The summed E-state index contributed by atoms with van der Waals surface area (Å²) in [4.78, 5) is 15.1. The van der Waals surface area contributed by atoms with Gasteiger partial charge in [0.1, 0.15) is 5.52 Å². The van der Waals surface area contributed by atoms with Crippen LogP contribution in [0.2, 0.25) is 0 Å². The van der Waals surface area contributed by atoms with Crippen molar-refractivity contribution in [3.05, 3.63) is 23.8 Å². The summed E-state index contributed by atoms with van der Waals surface area (Å²) in [5.41, 5.74) is 1.46. The number of carbonyl (C=O) groups is 1. The predicted molar refractivity (Wildman–Crippen MR) is 66.6 cm³/mol. The van der Waals surface area contributed by atoms with Gasteiger partial charge in [-0.1, -0.05) is 25.1 Å². The van der Waals surface area contributed by atoms with Crippen molar-refractivity contribution < 1.29 is 14.3 Å². The summed E-state index contributed by atoms with van der Waals surface area (Å²) >= 11 is 1.56. The smallest absolute Gasteiger partial charge is 0.335 e. The Hall–Kier alpha value is -1.49. The largest absolute Gasteiger partial charge is 0.478 e. The number of nitrogens with zero attached hydrogens (tertiary/aromatic N) is 1. The van der Waals surface area contributed by atoms with Crippen LogP contribution in [-0.2, 0) is 0 Å². The van der Waals surface area contributed by atoms with E-state index < -0.39 is 5.97 Å². The highest BCUT2D eigenvalue weighted by Gasteiger charge is 2.09. The molecule has 2 aromatic rings. The van der Waals surface area contributed by atoms with Crippen LogP contribution in [0.25, 0.3) is 11.1 Å². The second kappa shape index (κ2) is 5.23. The Morgan fingerprint density at radius 1 is 1.53 bits per heavy atom. The van der Waals surface area contributed by atoms with E-state index in [2.05, 4.69) is 11.9 Å². The number of oxazole rings is 1. The lowest BCUT2D eigenvalue weighted by atomic mass is 10.2. The van der Waals surface area contributed by atoms with E-state index in [9.17, 15) is 4.79 Å². The van der Waals surface area contributed by atoms with Gasteiger partial charge in [-0.15, -0.1) is 0 Å². The topological polar surface area (TPSA) is 63.3 Å². The maximum absolute atomic E-state index is 10.8. The van der Waals surface area contributed by atoms with E-state index in [1.165, 1.54) is 12.1 Å². The number of aromatic nitrogens is 1. The Bertz CT molecular complexity index is 536. The van der Waals surface area contributed by atoms with Gasteiger partial charge in [-0.3, -0.25) is 0 Å². The maximum atomic E-state index is 10.8. The molecule has 90 valence electrons. The zero-order chi connectivity index (χ0) is 12.3. The number of unbranched alkanes of at least 4 members (excludes halogenated alkanes) is 1. The first kappa shape index (κ1) is 12.0. The number of carboxylic acids is 1. The lowest BCUT2D eigenvalue weighted by Gasteiger charge is -1.92. The Balaban J connectivity index is 2.21. The monoisotopic (exact) mass is 251 g/mol. The highest BCUT2D eigenvalue weighted by molar-refractivity contribution is 7.99. The molecule has 0 spiro atoms. The molecule has 0 bridgehead atoms. The summed E-state index contributed by atoms with van der Waals surface area (Å²) in [5.74, 6) is 0.0123. The van der Waals surface area contributed by atoms with E-state index in [4.69, 9.17) is 9.52 Å². The molecule has 1 aromatic heterocycles. The minimum absolute atomic E-state index is 0.221. The van der Waals surface area contributed by atoms with Crippen LogP contribution < -0.4 is 0 Å². The first-order chi connectivity index (χ1) is 8.20. The first-order valence-electron chi connectivity index (χ1n) is 5.47. The van der Waals surface area contributed by atoms with Gasteiger partial charge in [-0.05, 0) is 24.6 Å². The molecule has 0 aliphatic rings. The average Bonchev–Trinajstić information content (AvgIpc) is 2.70. The lowest BCUT2D eigenvalue weighted by Crippen LogP contribution is -1.94. The van der Waals surface area contributed by atoms with E-state index in [0.717, 1.165) is 18.6 Å². The molecule has 0 aliphatic carbocycles. The molecular formula is C12H13NO3S. The van der Waals surface area contributed by atoms with Crippen LogP contribution in [0.15, 0.2) is 27.8 Å². The van der Waals surface area contributed by atoms with Gasteiger partial charge in [0, 0.05) is 5.75 Å². The zero-order valence-electron chi connectivity index (χ0n) is 9.47.